The summed E-state index contributed by atoms with van der Waals surface area (Å²) in [4.78, 5) is 21.2. The van der Waals surface area contributed by atoms with Crippen molar-refractivity contribution in [3.63, 3.8) is 0 Å². The molecule has 0 spiro atoms. The van der Waals surface area contributed by atoms with Crippen molar-refractivity contribution in [3.05, 3.63) is 53.6 Å². The summed E-state index contributed by atoms with van der Waals surface area (Å²) >= 11 is 1.51. The van der Waals surface area contributed by atoms with Crippen LogP contribution in [0.5, 0.6) is 0 Å². The number of rotatable bonds is 2. The number of hydrogen-bond donors (Lipinski definition) is 1. The van der Waals surface area contributed by atoms with Crippen LogP contribution in [-0.4, -0.2) is 42.0 Å². The molecule has 1 amide bonds. The van der Waals surface area contributed by atoms with Crippen LogP contribution in [0.4, 0.5) is 10.8 Å². The minimum atomic E-state index is 0.116. The van der Waals surface area contributed by atoms with E-state index >= 15 is 0 Å². The van der Waals surface area contributed by atoms with Gasteiger partial charge in [-0.05, 0) is 37.3 Å². The molecular weight excluding hydrogens is 332 g/mol. The lowest BCUT2D eigenvalue weighted by atomic mass is 10.1. The van der Waals surface area contributed by atoms with Crippen LogP contribution in [0.25, 0.3) is 10.2 Å². The molecule has 0 bridgehead atoms. The van der Waals surface area contributed by atoms with E-state index in [4.69, 9.17) is 5.73 Å². The number of nitrogens with zero attached hydrogens (tertiary/aromatic N) is 3. The van der Waals surface area contributed by atoms with Gasteiger partial charge in [-0.25, -0.2) is 4.98 Å². The molecule has 0 radical (unpaired) electrons. The van der Waals surface area contributed by atoms with Gasteiger partial charge >= 0.3 is 0 Å². The molecule has 3 aromatic rings. The van der Waals surface area contributed by atoms with Crippen LogP contribution in [-0.2, 0) is 0 Å². The predicted octanol–water partition coefficient (Wildman–Crippen LogP) is 3.15. The molecule has 128 valence electrons. The van der Waals surface area contributed by atoms with E-state index in [0.717, 1.165) is 42.0 Å². The molecule has 2 N–H and O–H groups in total. The highest BCUT2D eigenvalue weighted by Gasteiger charge is 2.22. The van der Waals surface area contributed by atoms with Crippen LogP contribution < -0.4 is 10.6 Å². The Labute approximate surface area is 150 Å². The van der Waals surface area contributed by atoms with Crippen LogP contribution in [0.2, 0.25) is 0 Å². The average Bonchev–Trinajstić information content (AvgIpc) is 3.01. The van der Waals surface area contributed by atoms with E-state index in [0.29, 0.717) is 5.13 Å². The third kappa shape index (κ3) is 3.17. The molecule has 6 heteroatoms. The van der Waals surface area contributed by atoms with Gasteiger partial charge in [-0.1, -0.05) is 29.0 Å². The maximum Gasteiger partial charge on any atom is 0.253 e. The van der Waals surface area contributed by atoms with Crippen LogP contribution in [0.15, 0.2) is 42.5 Å². The third-order valence-corrected chi connectivity index (χ3v) is 5.47. The molecule has 0 atom stereocenters. The van der Waals surface area contributed by atoms with Gasteiger partial charge in [0.2, 0.25) is 0 Å². The van der Waals surface area contributed by atoms with Crippen molar-refractivity contribution < 1.29 is 4.79 Å². The van der Waals surface area contributed by atoms with Gasteiger partial charge in [0.05, 0.1) is 10.2 Å². The number of aromatic nitrogens is 1. The molecule has 0 saturated carbocycles. The lowest BCUT2D eigenvalue weighted by Crippen LogP contribution is -2.48. The van der Waals surface area contributed by atoms with Crippen LogP contribution in [0, 0.1) is 6.92 Å². The second-order valence-corrected chi connectivity index (χ2v) is 7.41. The zero-order chi connectivity index (χ0) is 17.4. The van der Waals surface area contributed by atoms with Crippen molar-refractivity contribution >= 4 is 38.3 Å². The number of carbonyl (C=O) groups excluding carboxylic acids is 1. The number of anilines is 2. The van der Waals surface area contributed by atoms with E-state index in [2.05, 4.69) is 22.0 Å². The van der Waals surface area contributed by atoms with E-state index in [-0.39, 0.29) is 5.91 Å². The molecule has 1 saturated heterocycles. The second kappa shape index (κ2) is 6.37. The highest BCUT2D eigenvalue weighted by atomic mass is 32.1. The van der Waals surface area contributed by atoms with Gasteiger partial charge in [-0.3, -0.25) is 4.79 Å². The van der Waals surface area contributed by atoms with Crippen LogP contribution in [0.1, 0.15) is 15.9 Å². The van der Waals surface area contributed by atoms with E-state index < -0.39 is 0 Å². The Morgan fingerprint density at radius 3 is 2.52 bits per heavy atom. The lowest BCUT2D eigenvalue weighted by molar-refractivity contribution is 0.0747. The van der Waals surface area contributed by atoms with Crippen molar-refractivity contribution in [2.45, 2.75) is 6.92 Å². The molecule has 1 aliphatic heterocycles. The quantitative estimate of drug-likeness (QED) is 0.770. The van der Waals surface area contributed by atoms with Crippen molar-refractivity contribution in [2.75, 3.05) is 36.8 Å². The number of nitrogen functional groups attached to an aromatic ring is 1. The Kier molecular flexibility index (Phi) is 4.05. The molecule has 1 fully saturated rings. The molecule has 2 aromatic carbocycles. The number of hydrogen-bond acceptors (Lipinski definition) is 5. The molecule has 2 heterocycles. The Morgan fingerprint density at radius 2 is 1.80 bits per heavy atom. The van der Waals surface area contributed by atoms with Crippen molar-refractivity contribution in [1.29, 1.82) is 0 Å². The van der Waals surface area contributed by atoms with Crippen LogP contribution in [0.3, 0.4) is 0 Å². The summed E-state index contributed by atoms with van der Waals surface area (Å²) in [7, 11) is 0. The van der Waals surface area contributed by atoms with Gasteiger partial charge in [0.25, 0.3) is 5.91 Å². The summed E-state index contributed by atoms with van der Waals surface area (Å²) in [6, 6.07) is 14.0. The number of nitrogens with two attached hydrogens (primary N) is 1. The first-order chi connectivity index (χ1) is 12.1. The van der Waals surface area contributed by atoms with Gasteiger partial charge in [0, 0.05) is 37.4 Å². The van der Waals surface area contributed by atoms with E-state index in [1.165, 1.54) is 22.6 Å². The minimum Gasteiger partial charge on any atom is -0.375 e. The fourth-order valence-electron chi connectivity index (χ4n) is 3.17. The monoisotopic (exact) mass is 352 g/mol. The van der Waals surface area contributed by atoms with Gasteiger partial charge < -0.3 is 15.5 Å². The van der Waals surface area contributed by atoms with Crippen molar-refractivity contribution in [3.8, 4) is 0 Å². The predicted molar refractivity (Wildman–Crippen MR) is 103 cm³/mol. The number of aryl methyl sites for hydroxylation is 1. The molecule has 1 aromatic heterocycles. The van der Waals surface area contributed by atoms with E-state index in [9.17, 15) is 4.79 Å². The van der Waals surface area contributed by atoms with Gasteiger partial charge in [0.1, 0.15) is 0 Å². The number of amides is 1. The number of thiazole rings is 1. The largest absolute Gasteiger partial charge is 0.375 e. The summed E-state index contributed by atoms with van der Waals surface area (Å²) in [5.74, 6) is 0.116. The Hall–Kier alpha value is -2.60. The first kappa shape index (κ1) is 15.9. The topological polar surface area (TPSA) is 62.5 Å². The zero-order valence-electron chi connectivity index (χ0n) is 14.1. The summed E-state index contributed by atoms with van der Waals surface area (Å²) in [6.07, 6.45) is 0. The van der Waals surface area contributed by atoms with Crippen LogP contribution >= 0.6 is 11.3 Å². The first-order valence-electron chi connectivity index (χ1n) is 8.37. The highest BCUT2D eigenvalue weighted by Crippen LogP contribution is 2.28. The van der Waals surface area contributed by atoms with E-state index in [1.54, 1.807) is 0 Å². The number of benzene rings is 2. The Morgan fingerprint density at radius 1 is 1.08 bits per heavy atom. The molecule has 0 unspecified atom stereocenters. The smallest absolute Gasteiger partial charge is 0.253 e. The SMILES string of the molecule is Cc1ccc(C(=O)N2CCN(c3ccc4nc(N)sc4c3)CC2)cc1. The molecule has 1 aliphatic rings. The Bertz CT molecular complexity index is 911. The third-order valence-electron chi connectivity index (χ3n) is 4.62. The maximum atomic E-state index is 12.6. The van der Waals surface area contributed by atoms with Gasteiger partial charge in [-0.2, -0.15) is 0 Å². The number of carbonyl (C=O) groups is 1. The first-order valence-corrected chi connectivity index (χ1v) is 9.19. The maximum absolute atomic E-state index is 12.6. The summed E-state index contributed by atoms with van der Waals surface area (Å²) in [5.41, 5.74) is 9.83. The van der Waals surface area contributed by atoms with E-state index in [1.807, 2.05) is 42.2 Å². The summed E-state index contributed by atoms with van der Waals surface area (Å²) < 4.78 is 1.10. The minimum absolute atomic E-state index is 0.116. The molecule has 0 aliphatic carbocycles. The second-order valence-electron chi connectivity index (χ2n) is 6.35. The summed E-state index contributed by atoms with van der Waals surface area (Å²) in [6.45, 7) is 5.15. The molecule has 5 nitrogen and oxygen atoms in total. The molecule has 4 rings (SSSR count). The number of fused-ring (bicyclic) bond motifs is 1. The molecular formula is C19H20N4OS. The van der Waals surface area contributed by atoms with Crippen molar-refractivity contribution in [2.24, 2.45) is 0 Å². The highest BCUT2D eigenvalue weighted by molar-refractivity contribution is 7.22. The zero-order valence-corrected chi connectivity index (χ0v) is 14.9. The average molecular weight is 352 g/mol. The van der Waals surface area contributed by atoms with Gasteiger partial charge in [-0.15, -0.1) is 0 Å². The number of piperazine rings is 1. The standard InChI is InChI=1S/C19H20N4OS/c1-13-2-4-14(5-3-13)18(24)23-10-8-22(9-11-23)15-6-7-16-17(12-15)25-19(20)21-16/h2-7,12H,8-11H2,1H3,(H2,20,21). The molecule has 25 heavy (non-hydrogen) atoms. The summed E-state index contributed by atoms with van der Waals surface area (Å²) in [5, 5.41) is 0.598. The fourth-order valence-corrected chi connectivity index (χ4v) is 3.94. The fraction of sp³-hybridized carbons (Fsp3) is 0.263. The van der Waals surface area contributed by atoms with Gasteiger partial charge in [0.15, 0.2) is 5.13 Å². The van der Waals surface area contributed by atoms with Crippen molar-refractivity contribution in [1.82, 2.24) is 9.88 Å². The lowest BCUT2D eigenvalue weighted by Gasteiger charge is -2.36. The normalized spacial score (nSPS) is 14.9. The Balaban J connectivity index is 1.45.